The van der Waals surface area contributed by atoms with Gasteiger partial charge in [-0.05, 0) is 94.3 Å². The van der Waals surface area contributed by atoms with E-state index in [1.54, 1.807) is 0 Å². The number of hydrogen-bond acceptors (Lipinski definition) is 6. The summed E-state index contributed by atoms with van der Waals surface area (Å²) >= 11 is 0. The highest BCUT2D eigenvalue weighted by molar-refractivity contribution is 5.78. The van der Waals surface area contributed by atoms with E-state index in [9.17, 15) is 9.90 Å². The highest BCUT2D eigenvalue weighted by Gasteiger charge is 2.53. The first-order valence-corrected chi connectivity index (χ1v) is 13.0. The molecular formula is C29H33N3O4. The van der Waals surface area contributed by atoms with Gasteiger partial charge < -0.3 is 19.3 Å². The number of benzene rings is 2. The third-order valence-corrected chi connectivity index (χ3v) is 8.32. The number of rotatable bonds is 7. The Morgan fingerprint density at radius 2 is 2.03 bits per heavy atom. The molecule has 2 heterocycles. The first-order valence-electron chi connectivity index (χ1n) is 13.0. The molecule has 0 amide bonds. The molecule has 0 radical (unpaired) electrons. The summed E-state index contributed by atoms with van der Waals surface area (Å²) in [6.45, 7) is 8.62. The maximum atomic E-state index is 11.7. The lowest BCUT2D eigenvalue weighted by atomic mass is 9.81. The van der Waals surface area contributed by atoms with Crippen LogP contribution in [0.15, 0.2) is 40.9 Å². The summed E-state index contributed by atoms with van der Waals surface area (Å²) in [7, 11) is 0. The SMILES string of the molecule is Cc1cc(-c2nc(-c3cccc4c3CC[C@]43CCN(CC4(C(=O)O)CC4)C3)no2)ccc1OC(C)C. The summed E-state index contributed by atoms with van der Waals surface area (Å²) in [5.41, 5.74) is 5.22. The number of carboxylic acid groups (broad SMARTS) is 1. The van der Waals surface area contributed by atoms with Crippen LogP contribution in [-0.2, 0) is 16.6 Å². The number of aliphatic carboxylic acids is 1. The van der Waals surface area contributed by atoms with E-state index in [0.717, 1.165) is 67.6 Å². The molecule has 2 aliphatic carbocycles. The van der Waals surface area contributed by atoms with Crippen LogP contribution in [0.3, 0.4) is 0 Å². The van der Waals surface area contributed by atoms with Gasteiger partial charge in [0.05, 0.1) is 11.5 Å². The zero-order valence-electron chi connectivity index (χ0n) is 21.2. The first kappa shape index (κ1) is 23.2. The van der Waals surface area contributed by atoms with Crippen LogP contribution in [0.5, 0.6) is 5.75 Å². The molecule has 0 unspecified atom stereocenters. The second-order valence-corrected chi connectivity index (χ2v) is 11.2. The van der Waals surface area contributed by atoms with Gasteiger partial charge in [-0.15, -0.1) is 0 Å². The molecule has 1 saturated carbocycles. The summed E-state index contributed by atoms with van der Waals surface area (Å²) in [5, 5.41) is 14.0. The molecule has 1 N–H and O–H groups in total. The normalized spacial score (nSPS) is 22.3. The predicted octanol–water partition coefficient (Wildman–Crippen LogP) is 5.25. The lowest BCUT2D eigenvalue weighted by Crippen LogP contribution is -2.35. The van der Waals surface area contributed by atoms with Crippen LogP contribution < -0.4 is 4.74 Å². The minimum atomic E-state index is -0.636. The largest absolute Gasteiger partial charge is 0.491 e. The monoisotopic (exact) mass is 487 g/mol. The van der Waals surface area contributed by atoms with Crippen molar-refractivity contribution in [2.24, 2.45) is 5.41 Å². The number of nitrogens with zero attached hydrogens (tertiary/aromatic N) is 3. The average Bonchev–Trinajstić information content (AvgIpc) is 3.18. The van der Waals surface area contributed by atoms with Crippen LogP contribution in [-0.4, -0.2) is 51.9 Å². The Bertz CT molecular complexity index is 1330. The summed E-state index contributed by atoms with van der Waals surface area (Å²) < 4.78 is 11.6. The van der Waals surface area contributed by atoms with Gasteiger partial charge >= 0.3 is 5.97 Å². The van der Waals surface area contributed by atoms with Crippen molar-refractivity contribution in [1.82, 2.24) is 15.0 Å². The van der Waals surface area contributed by atoms with Crippen molar-refractivity contribution in [3.63, 3.8) is 0 Å². The van der Waals surface area contributed by atoms with Crippen LogP contribution in [0.4, 0.5) is 0 Å². The summed E-state index contributed by atoms with van der Waals surface area (Å²) in [6, 6.07) is 12.4. The topological polar surface area (TPSA) is 88.7 Å². The van der Waals surface area contributed by atoms with Gasteiger partial charge in [0.1, 0.15) is 5.75 Å². The molecule has 2 fully saturated rings. The van der Waals surface area contributed by atoms with Crippen molar-refractivity contribution in [2.45, 2.75) is 64.4 Å². The average molecular weight is 488 g/mol. The van der Waals surface area contributed by atoms with Gasteiger partial charge in [-0.3, -0.25) is 4.79 Å². The number of aryl methyl sites for hydroxylation is 1. The van der Waals surface area contributed by atoms with Crippen molar-refractivity contribution < 1.29 is 19.2 Å². The molecule has 188 valence electrons. The molecule has 7 nitrogen and oxygen atoms in total. The first-order chi connectivity index (χ1) is 17.3. The second-order valence-electron chi connectivity index (χ2n) is 11.2. The van der Waals surface area contributed by atoms with Crippen molar-refractivity contribution in [3.8, 4) is 28.6 Å². The predicted molar refractivity (Wildman–Crippen MR) is 136 cm³/mol. The minimum Gasteiger partial charge on any atom is -0.491 e. The van der Waals surface area contributed by atoms with Crippen molar-refractivity contribution in [1.29, 1.82) is 0 Å². The van der Waals surface area contributed by atoms with Gasteiger partial charge in [0.25, 0.3) is 5.89 Å². The molecule has 7 heteroatoms. The molecule has 6 rings (SSSR count). The Kier molecular flexibility index (Phi) is 5.45. The van der Waals surface area contributed by atoms with Crippen LogP contribution in [0.1, 0.15) is 56.2 Å². The molecule has 0 bridgehead atoms. The summed E-state index contributed by atoms with van der Waals surface area (Å²) in [4.78, 5) is 18.9. The van der Waals surface area contributed by atoms with E-state index in [1.807, 2.05) is 39.0 Å². The van der Waals surface area contributed by atoms with Gasteiger partial charge in [-0.1, -0.05) is 23.4 Å². The smallest absolute Gasteiger partial charge is 0.310 e. The molecule has 3 aliphatic rings. The standard InChI is InChI=1S/C29H33N3O4/c1-18(2)35-24-8-7-20(15-19(24)3)26-30-25(31-36-26)22-5-4-6-23-21(22)9-10-28(23)13-14-32(16-28)17-29(11-12-29)27(33)34/h4-8,15,18H,9-14,16-17H2,1-3H3,(H,33,34)/t28-/m1/s1. The number of ether oxygens (including phenoxy) is 1. The highest BCUT2D eigenvalue weighted by Crippen LogP contribution is 2.51. The molecule has 1 aromatic heterocycles. The number of likely N-dealkylation sites (tertiary alicyclic amines) is 1. The number of hydrogen-bond donors (Lipinski definition) is 1. The van der Waals surface area contributed by atoms with Gasteiger partial charge in [-0.2, -0.15) is 4.98 Å². The number of carbonyl (C=O) groups is 1. The Hall–Kier alpha value is -3.19. The number of fused-ring (bicyclic) bond motifs is 2. The van der Waals surface area contributed by atoms with Gasteiger partial charge in [0.15, 0.2) is 0 Å². The Labute approximate surface area is 211 Å². The van der Waals surface area contributed by atoms with E-state index < -0.39 is 11.4 Å². The Morgan fingerprint density at radius 3 is 2.75 bits per heavy atom. The van der Waals surface area contributed by atoms with E-state index in [2.05, 4.69) is 28.3 Å². The van der Waals surface area contributed by atoms with E-state index >= 15 is 0 Å². The van der Waals surface area contributed by atoms with Crippen molar-refractivity contribution >= 4 is 5.97 Å². The number of aromatic nitrogens is 2. The molecule has 1 aliphatic heterocycles. The van der Waals surface area contributed by atoms with E-state index in [4.69, 9.17) is 14.2 Å². The summed E-state index contributed by atoms with van der Waals surface area (Å²) in [6.07, 6.45) is 4.86. The second kappa shape index (κ2) is 8.44. The third kappa shape index (κ3) is 3.90. The maximum absolute atomic E-state index is 11.7. The molecule has 36 heavy (non-hydrogen) atoms. The van der Waals surface area contributed by atoms with Crippen LogP contribution in [0.2, 0.25) is 0 Å². The van der Waals surface area contributed by atoms with Crippen LogP contribution in [0, 0.1) is 12.3 Å². The molecule has 1 atom stereocenters. The quantitative estimate of drug-likeness (QED) is 0.487. The number of carboxylic acids is 1. The Balaban J connectivity index is 1.24. The fourth-order valence-corrected chi connectivity index (χ4v) is 6.22. The highest BCUT2D eigenvalue weighted by atomic mass is 16.5. The Morgan fingerprint density at radius 1 is 1.19 bits per heavy atom. The summed E-state index contributed by atoms with van der Waals surface area (Å²) in [5.74, 6) is 1.35. The molecule has 2 aromatic carbocycles. The van der Waals surface area contributed by atoms with Gasteiger partial charge in [-0.25, -0.2) is 0 Å². The van der Waals surface area contributed by atoms with Crippen LogP contribution >= 0.6 is 0 Å². The maximum Gasteiger partial charge on any atom is 0.310 e. The van der Waals surface area contributed by atoms with Gasteiger partial charge in [0, 0.05) is 29.6 Å². The van der Waals surface area contributed by atoms with Crippen molar-refractivity contribution in [2.75, 3.05) is 19.6 Å². The third-order valence-electron chi connectivity index (χ3n) is 8.32. The molecule has 3 aromatic rings. The zero-order chi connectivity index (χ0) is 25.1. The van der Waals surface area contributed by atoms with Gasteiger partial charge in [0.2, 0.25) is 5.82 Å². The zero-order valence-corrected chi connectivity index (χ0v) is 21.2. The van der Waals surface area contributed by atoms with Crippen LogP contribution in [0.25, 0.3) is 22.8 Å². The lowest BCUT2D eigenvalue weighted by molar-refractivity contribution is -0.144. The molecule has 1 spiro atoms. The fourth-order valence-electron chi connectivity index (χ4n) is 6.22. The van der Waals surface area contributed by atoms with E-state index in [1.165, 1.54) is 11.1 Å². The molecular weight excluding hydrogens is 454 g/mol. The van der Waals surface area contributed by atoms with E-state index in [0.29, 0.717) is 18.3 Å². The lowest BCUT2D eigenvalue weighted by Gasteiger charge is -2.27. The van der Waals surface area contributed by atoms with Crippen molar-refractivity contribution in [3.05, 3.63) is 53.1 Å². The minimum absolute atomic E-state index is 0.0931. The van der Waals surface area contributed by atoms with E-state index in [-0.39, 0.29) is 11.5 Å². The molecule has 1 saturated heterocycles. The fraction of sp³-hybridized carbons (Fsp3) is 0.483.